The van der Waals surface area contributed by atoms with Crippen molar-refractivity contribution in [2.45, 2.75) is 25.1 Å². The van der Waals surface area contributed by atoms with Crippen LogP contribution in [0.1, 0.15) is 12.8 Å². The van der Waals surface area contributed by atoms with Crippen molar-refractivity contribution in [1.82, 2.24) is 9.47 Å². The molecule has 1 aliphatic heterocycles. The van der Waals surface area contributed by atoms with E-state index in [4.69, 9.17) is 0 Å². The maximum absolute atomic E-state index is 14.1. The number of hydrogen-bond donors (Lipinski definition) is 1. The number of alkyl halides is 3. The Hall–Kier alpha value is -3.04. The van der Waals surface area contributed by atoms with Gasteiger partial charge in [0, 0.05) is 24.6 Å². The van der Waals surface area contributed by atoms with E-state index in [0.29, 0.717) is 12.1 Å². The van der Waals surface area contributed by atoms with Crippen molar-refractivity contribution in [1.29, 1.82) is 0 Å². The van der Waals surface area contributed by atoms with Crippen LogP contribution >= 0.6 is 0 Å². The first-order chi connectivity index (χ1) is 13.2. The van der Waals surface area contributed by atoms with Gasteiger partial charge >= 0.3 is 12.3 Å². The molecule has 1 aromatic carbocycles. The van der Waals surface area contributed by atoms with Gasteiger partial charge in [-0.2, -0.15) is 13.2 Å². The Balaban J connectivity index is 1.70. The molecule has 1 fully saturated rings. The summed E-state index contributed by atoms with van der Waals surface area (Å²) in [6.07, 6.45) is -1.73. The van der Waals surface area contributed by atoms with Crippen molar-refractivity contribution in [3.8, 4) is 5.69 Å². The lowest BCUT2D eigenvalue weighted by atomic mass is 10.2. The van der Waals surface area contributed by atoms with Gasteiger partial charge < -0.3 is 14.6 Å². The molecule has 2 aromatic rings. The van der Waals surface area contributed by atoms with E-state index in [9.17, 15) is 27.2 Å². The molecule has 6 nitrogen and oxygen atoms in total. The molecule has 1 unspecified atom stereocenters. The Morgan fingerprint density at radius 3 is 2.61 bits per heavy atom. The second kappa shape index (κ2) is 7.91. The molecule has 0 aliphatic carbocycles. The Morgan fingerprint density at radius 2 is 1.93 bits per heavy atom. The minimum atomic E-state index is -4.66. The maximum atomic E-state index is 14.1. The lowest BCUT2D eigenvalue weighted by Gasteiger charge is -2.23. The molecule has 0 saturated carbocycles. The Labute approximate surface area is 157 Å². The third-order valence-corrected chi connectivity index (χ3v) is 4.26. The monoisotopic (exact) mass is 399 g/mol. The molecule has 3 rings (SSSR count). The van der Waals surface area contributed by atoms with Crippen molar-refractivity contribution < 1.29 is 31.9 Å². The minimum Gasteiger partial charge on any atom is -0.440 e. The van der Waals surface area contributed by atoms with Crippen LogP contribution < -0.4 is 5.32 Å². The van der Waals surface area contributed by atoms with E-state index in [1.54, 1.807) is 29.1 Å². The van der Waals surface area contributed by atoms with Crippen LogP contribution in [0.3, 0.4) is 0 Å². The zero-order chi connectivity index (χ0) is 20.3. The standard InChI is InChI=1S/C18H17F4N3O3/c19-13-6-5-12(24-7-1-2-8-24)10-14(13)23-16(26)15-4-3-9-25(15)17(27)28-11-18(20,21)22/h1-2,5-8,10,15H,3-4,9,11H2,(H,23,26). The molecule has 2 heterocycles. The number of ether oxygens (including phenoxy) is 1. The van der Waals surface area contributed by atoms with E-state index >= 15 is 0 Å². The van der Waals surface area contributed by atoms with E-state index < -0.39 is 36.6 Å². The van der Waals surface area contributed by atoms with Crippen molar-refractivity contribution >= 4 is 17.7 Å². The zero-order valence-electron chi connectivity index (χ0n) is 14.6. The van der Waals surface area contributed by atoms with Gasteiger partial charge in [0.15, 0.2) is 6.61 Å². The summed E-state index contributed by atoms with van der Waals surface area (Å²) < 4.78 is 56.7. The predicted molar refractivity (Wildman–Crippen MR) is 91.5 cm³/mol. The molecule has 10 heteroatoms. The van der Waals surface area contributed by atoms with E-state index in [0.717, 1.165) is 4.90 Å². The van der Waals surface area contributed by atoms with Gasteiger partial charge in [0.05, 0.1) is 5.69 Å². The summed E-state index contributed by atoms with van der Waals surface area (Å²) in [4.78, 5) is 25.3. The molecule has 0 bridgehead atoms. The second-order valence-corrected chi connectivity index (χ2v) is 6.26. The summed E-state index contributed by atoms with van der Waals surface area (Å²) in [7, 11) is 0. The van der Waals surface area contributed by atoms with Crippen LogP contribution in [-0.2, 0) is 9.53 Å². The summed E-state index contributed by atoms with van der Waals surface area (Å²) in [5.41, 5.74) is 0.515. The molecule has 1 aromatic heterocycles. The molecule has 2 amide bonds. The highest BCUT2D eigenvalue weighted by molar-refractivity contribution is 5.97. The fourth-order valence-electron chi connectivity index (χ4n) is 2.98. The number of amides is 2. The summed E-state index contributed by atoms with van der Waals surface area (Å²) >= 11 is 0. The Morgan fingerprint density at radius 1 is 1.21 bits per heavy atom. The largest absolute Gasteiger partial charge is 0.440 e. The number of anilines is 1. The van der Waals surface area contributed by atoms with Gasteiger partial charge in [0.1, 0.15) is 11.9 Å². The second-order valence-electron chi connectivity index (χ2n) is 6.26. The average Bonchev–Trinajstić information content (AvgIpc) is 3.32. The first-order valence-corrected chi connectivity index (χ1v) is 8.48. The van der Waals surface area contributed by atoms with Crippen LogP contribution in [0, 0.1) is 5.82 Å². The molecule has 1 aliphatic rings. The zero-order valence-corrected chi connectivity index (χ0v) is 14.6. The van der Waals surface area contributed by atoms with E-state index in [2.05, 4.69) is 10.1 Å². The van der Waals surface area contributed by atoms with Gasteiger partial charge in [-0.1, -0.05) is 0 Å². The molecule has 150 valence electrons. The first-order valence-electron chi connectivity index (χ1n) is 8.48. The quantitative estimate of drug-likeness (QED) is 0.798. The van der Waals surface area contributed by atoms with E-state index in [-0.39, 0.29) is 18.7 Å². The summed E-state index contributed by atoms with van der Waals surface area (Å²) in [6.45, 7) is -1.65. The molecule has 1 N–H and O–H groups in total. The topological polar surface area (TPSA) is 63.6 Å². The van der Waals surface area contributed by atoms with Crippen LogP contribution in [0.15, 0.2) is 42.7 Å². The number of nitrogens with zero attached hydrogens (tertiary/aromatic N) is 2. The lowest BCUT2D eigenvalue weighted by molar-refractivity contribution is -0.162. The molecular formula is C18H17F4N3O3. The summed E-state index contributed by atoms with van der Waals surface area (Å²) in [5, 5.41) is 2.41. The smallest absolute Gasteiger partial charge is 0.422 e. The van der Waals surface area contributed by atoms with Crippen LogP contribution in [0.4, 0.5) is 28.0 Å². The number of halogens is 4. The molecule has 0 radical (unpaired) electrons. The lowest BCUT2D eigenvalue weighted by Crippen LogP contribution is -2.44. The van der Waals surface area contributed by atoms with Crippen LogP contribution in [0.5, 0.6) is 0 Å². The van der Waals surface area contributed by atoms with Gasteiger partial charge in [0.25, 0.3) is 0 Å². The third-order valence-electron chi connectivity index (χ3n) is 4.26. The number of benzene rings is 1. The van der Waals surface area contributed by atoms with Crippen LogP contribution in [0.25, 0.3) is 5.69 Å². The highest BCUT2D eigenvalue weighted by atomic mass is 19.4. The van der Waals surface area contributed by atoms with E-state index in [1.165, 1.54) is 18.2 Å². The Bertz CT molecular complexity index is 852. The number of rotatable bonds is 4. The number of hydrogen-bond acceptors (Lipinski definition) is 3. The van der Waals surface area contributed by atoms with Gasteiger partial charge in [-0.25, -0.2) is 9.18 Å². The molecule has 1 saturated heterocycles. The number of carbonyl (C=O) groups is 2. The van der Waals surface area contributed by atoms with Crippen molar-refractivity contribution in [3.05, 3.63) is 48.5 Å². The number of nitrogens with one attached hydrogen (secondary N) is 1. The van der Waals surface area contributed by atoms with Crippen LogP contribution in [-0.4, -0.2) is 46.8 Å². The highest BCUT2D eigenvalue weighted by Gasteiger charge is 2.37. The van der Waals surface area contributed by atoms with Gasteiger partial charge in [-0.15, -0.1) is 0 Å². The number of carbonyl (C=O) groups excluding carboxylic acids is 2. The average molecular weight is 399 g/mol. The highest BCUT2D eigenvalue weighted by Crippen LogP contribution is 2.24. The molecule has 0 spiro atoms. The summed E-state index contributed by atoms with van der Waals surface area (Å²) in [6, 6.07) is 6.68. The Kier molecular flexibility index (Phi) is 5.57. The van der Waals surface area contributed by atoms with Crippen molar-refractivity contribution in [3.63, 3.8) is 0 Å². The maximum Gasteiger partial charge on any atom is 0.422 e. The number of aromatic nitrogens is 1. The minimum absolute atomic E-state index is 0.0840. The van der Waals surface area contributed by atoms with Crippen molar-refractivity contribution in [2.75, 3.05) is 18.5 Å². The molecule has 28 heavy (non-hydrogen) atoms. The fraction of sp³-hybridized carbons (Fsp3) is 0.333. The first kappa shape index (κ1) is 19.7. The molecule has 1 atom stereocenters. The van der Waals surface area contributed by atoms with Gasteiger partial charge in [-0.3, -0.25) is 9.69 Å². The van der Waals surface area contributed by atoms with Crippen molar-refractivity contribution in [2.24, 2.45) is 0 Å². The normalized spacial score (nSPS) is 16.9. The SMILES string of the molecule is O=C(Nc1cc(-n2cccc2)ccc1F)C1CCCN1C(=O)OCC(F)(F)F. The van der Waals surface area contributed by atoms with E-state index in [1.807, 2.05) is 0 Å². The predicted octanol–water partition coefficient (Wildman–Crippen LogP) is 3.72. The third kappa shape index (κ3) is 4.62. The fourth-order valence-corrected chi connectivity index (χ4v) is 2.98. The van der Waals surface area contributed by atoms with Crippen LogP contribution in [0.2, 0.25) is 0 Å². The number of likely N-dealkylation sites (tertiary alicyclic amines) is 1. The molecular weight excluding hydrogens is 382 g/mol. The van der Waals surface area contributed by atoms with Gasteiger partial charge in [-0.05, 0) is 43.2 Å². The van der Waals surface area contributed by atoms with Gasteiger partial charge in [0.2, 0.25) is 5.91 Å². The summed E-state index contributed by atoms with van der Waals surface area (Å²) in [5.74, 6) is -1.36.